The van der Waals surface area contributed by atoms with Crippen LogP contribution in [0.3, 0.4) is 0 Å². The van der Waals surface area contributed by atoms with Crippen LogP contribution in [-0.2, 0) is 9.53 Å². The Morgan fingerprint density at radius 2 is 2.06 bits per heavy atom. The zero-order valence-electron chi connectivity index (χ0n) is 9.96. The summed E-state index contributed by atoms with van der Waals surface area (Å²) in [5.74, 6) is 0.205. The predicted octanol–water partition coefficient (Wildman–Crippen LogP) is 2.90. The monoisotopic (exact) mass is 254 g/mol. The van der Waals surface area contributed by atoms with E-state index in [1.807, 2.05) is 13.8 Å². The van der Waals surface area contributed by atoms with Crippen molar-refractivity contribution in [3.8, 4) is 5.75 Å². The van der Waals surface area contributed by atoms with Crippen LogP contribution in [0, 0.1) is 19.8 Å². The molecule has 0 saturated carbocycles. The van der Waals surface area contributed by atoms with Gasteiger partial charge in [0.2, 0.25) is 0 Å². The molecule has 3 nitrogen and oxygen atoms in total. The van der Waals surface area contributed by atoms with Crippen LogP contribution in [0.2, 0.25) is 5.02 Å². The molecule has 17 heavy (non-hydrogen) atoms. The summed E-state index contributed by atoms with van der Waals surface area (Å²) in [6, 6.07) is 3.56. The molecule has 1 aliphatic heterocycles. The molecule has 1 saturated heterocycles. The molecule has 92 valence electrons. The summed E-state index contributed by atoms with van der Waals surface area (Å²) in [7, 11) is 0. The summed E-state index contributed by atoms with van der Waals surface area (Å²) in [4.78, 5) is 11.8. The smallest absolute Gasteiger partial charge is 0.316 e. The van der Waals surface area contributed by atoms with Gasteiger partial charge in [-0.3, -0.25) is 4.79 Å². The molecule has 0 spiro atoms. The van der Waals surface area contributed by atoms with Gasteiger partial charge in [-0.05, 0) is 43.5 Å². The van der Waals surface area contributed by atoms with Crippen LogP contribution >= 0.6 is 11.6 Å². The second kappa shape index (κ2) is 5.07. The summed E-state index contributed by atoms with van der Waals surface area (Å²) in [5, 5.41) is 0.717. The van der Waals surface area contributed by atoms with Crippen LogP contribution in [0.4, 0.5) is 0 Å². The highest BCUT2D eigenvalue weighted by atomic mass is 35.5. The molecule has 0 radical (unpaired) electrons. The van der Waals surface area contributed by atoms with Gasteiger partial charge in [-0.2, -0.15) is 0 Å². The van der Waals surface area contributed by atoms with Crippen LogP contribution in [-0.4, -0.2) is 19.2 Å². The maximum Gasteiger partial charge on any atom is 0.316 e. The van der Waals surface area contributed by atoms with Crippen molar-refractivity contribution in [2.75, 3.05) is 13.2 Å². The molecule has 0 N–H and O–H groups in total. The summed E-state index contributed by atoms with van der Waals surface area (Å²) in [6.45, 7) is 4.89. The van der Waals surface area contributed by atoms with E-state index in [1.165, 1.54) is 0 Å². The highest BCUT2D eigenvalue weighted by Gasteiger charge is 2.25. The number of halogens is 1. The zero-order chi connectivity index (χ0) is 12.4. The topological polar surface area (TPSA) is 35.5 Å². The molecular weight excluding hydrogens is 240 g/mol. The maximum atomic E-state index is 11.8. The number of hydrogen-bond acceptors (Lipinski definition) is 3. The minimum absolute atomic E-state index is 0.133. The van der Waals surface area contributed by atoms with Gasteiger partial charge in [-0.25, -0.2) is 0 Å². The molecule has 1 unspecified atom stereocenters. The Bertz CT molecular complexity index is 413. The third-order valence-electron chi connectivity index (χ3n) is 2.89. The van der Waals surface area contributed by atoms with Crippen LogP contribution in [0.25, 0.3) is 0 Å². The summed E-state index contributed by atoms with van der Waals surface area (Å²) in [6.07, 6.45) is 0.740. The standard InChI is InChI=1S/C13H15ClO3/c1-8-5-11(6-9(2)12(8)14)17-13(15)10-3-4-16-7-10/h5-6,10H,3-4,7H2,1-2H3. The average Bonchev–Trinajstić information content (AvgIpc) is 2.79. The van der Waals surface area contributed by atoms with Crippen LogP contribution in [0.15, 0.2) is 12.1 Å². The molecule has 1 aliphatic rings. The number of benzene rings is 1. The van der Waals surface area contributed by atoms with E-state index in [4.69, 9.17) is 21.1 Å². The van der Waals surface area contributed by atoms with Crippen molar-refractivity contribution in [1.29, 1.82) is 0 Å². The number of esters is 1. The summed E-state index contributed by atoms with van der Waals surface area (Å²) >= 11 is 6.05. The van der Waals surface area contributed by atoms with Gasteiger partial charge < -0.3 is 9.47 Å². The fourth-order valence-corrected chi connectivity index (χ4v) is 1.99. The third kappa shape index (κ3) is 2.79. The maximum absolute atomic E-state index is 11.8. The van der Waals surface area contributed by atoms with Crippen molar-refractivity contribution >= 4 is 17.6 Å². The molecule has 0 aromatic heterocycles. The molecule has 1 aromatic rings. The van der Waals surface area contributed by atoms with E-state index in [0.29, 0.717) is 24.0 Å². The first-order valence-corrected chi connectivity index (χ1v) is 6.02. The normalized spacial score (nSPS) is 19.4. The van der Waals surface area contributed by atoms with Crippen molar-refractivity contribution in [3.63, 3.8) is 0 Å². The number of aryl methyl sites for hydroxylation is 2. The summed E-state index contributed by atoms with van der Waals surface area (Å²) in [5.41, 5.74) is 1.83. The number of carbonyl (C=O) groups is 1. The quantitative estimate of drug-likeness (QED) is 0.601. The molecule has 4 heteroatoms. The first-order valence-electron chi connectivity index (χ1n) is 5.64. The van der Waals surface area contributed by atoms with Gasteiger partial charge in [0.15, 0.2) is 0 Å². The Kier molecular flexibility index (Phi) is 3.69. The minimum atomic E-state index is -0.219. The third-order valence-corrected chi connectivity index (χ3v) is 3.49. The first kappa shape index (κ1) is 12.4. The predicted molar refractivity (Wildman–Crippen MR) is 65.5 cm³/mol. The molecule has 2 rings (SSSR count). The average molecular weight is 255 g/mol. The van der Waals surface area contributed by atoms with E-state index in [0.717, 1.165) is 17.5 Å². The SMILES string of the molecule is Cc1cc(OC(=O)C2CCOC2)cc(C)c1Cl. The second-order valence-electron chi connectivity index (χ2n) is 4.35. The van der Waals surface area contributed by atoms with Gasteiger partial charge in [-0.1, -0.05) is 11.6 Å². The first-order chi connectivity index (χ1) is 8.08. The minimum Gasteiger partial charge on any atom is -0.426 e. The fraction of sp³-hybridized carbons (Fsp3) is 0.462. The molecule has 0 amide bonds. The van der Waals surface area contributed by atoms with Crippen LogP contribution < -0.4 is 4.74 Å². The molecule has 1 aromatic carbocycles. The van der Waals surface area contributed by atoms with E-state index < -0.39 is 0 Å². The van der Waals surface area contributed by atoms with E-state index in [2.05, 4.69) is 0 Å². The van der Waals surface area contributed by atoms with Gasteiger partial charge in [-0.15, -0.1) is 0 Å². The van der Waals surface area contributed by atoms with Crippen LogP contribution in [0.1, 0.15) is 17.5 Å². The highest BCUT2D eigenvalue weighted by molar-refractivity contribution is 6.32. The van der Waals surface area contributed by atoms with Crippen molar-refractivity contribution < 1.29 is 14.3 Å². The zero-order valence-corrected chi connectivity index (χ0v) is 10.7. The van der Waals surface area contributed by atoms with Gasteiger partial charge in [0.1, 0.15) is 5.75 Å². The lowest BCUT2D eigenvalue weighted by Crippen LogP contribution is -2.20. The number of hydrogen-bond donors (Lipinski definition) is 0. The van der Waals surface area contributed by atoms with E-state index in [9.17, 15) is 4.79 Å². The Morgan fingerprint density at radius 1 is 1.41 bits per heavy atom. The van der Waals surface area contributed by atoms with Gasteiger partial charge in [0.05, 0.1) is 12.5 Å². The van der Waals surface area contributed by atoms with Crippen molar-refractivity contribution in [2.24, 2.45) is 5.92 Å². The van der Waals surface area contributed by atoms with Crippen molar-refractivity contribution in [2.45, 2.75) is 20.3 Å². The highest BCUT2D eigenvalue weighted by Crippen LogP contribution is 2.27. The molecule has 1 fully saturated rings. The largest absolute Gasteiger partial charge is 0.426 e. The lowest BCUT2D eigenvalue weighted by molar-refractivity contribution is -0.138. The lowest BCUT2D eigenvalue weighted by atomic mass is 10.1. The molecule has 1 atom stereocenters. The number of carbonyl (C=O) groups excluding carboxylic acids is 1. The van der Waals surface area contributed by atoms with Gasteiger partial charge in [0.25, 0.3) is 0 Å². The Labute approximate surface area is 106 Å². The van der Waals surface area contributed by atoms with Crippen LogP contribution in [0.5, 0.6) is 5.75 Å². The van der Waals surface area contributed by atoms with E-state index in [-0.39, 0.29) is 11.9 Å². The fourth-order valence-electron chi connectivity index (χ4n) is 1.88. The Balaban J connectivity index is 2.10. The molecule has 1 heterocycles. The van der Waals surface area contributed by atoms with E-state index in [1.54, 1.807) is 12.1 Å². The van der Waals surface area contributed by atoms with Gasteiger partial charge >= 0.3 is 5.97 Å². The van der Waals surface area contributed by atoms with Crippen molar-refractivity contribution in [3.05, 3.63) is 28.3 Å². The van der Waals surface area contributed by atoms with Gasteiger partial charge in [0, 0.05) is 11.6 Å². The number of ether oxygens (including phenoxy) is 2. The molecule has 0 bridgehead atoms. The lowest BCUT2D eigenvalue weighted by Gasteiger charge is -2.10. The second-order valence-corrected chi connectivity index (χ2v) is 4.73. The van der Waals surface area contributed by atoms with Crippen molar-refractivity contribution in [1.82, 2.24) is 0 Å². The Hall–Kier alpha value is -1.06. The number of rotatable bonds is 2. The molecular formula is C13H15ClO3. The summed E-state index contributed by atoms with van der Waals surface area (Å²) < 4.78 is 10.5. The Morgan fingerprint density at radius 3 is 2.59 bits per heavy atom. The van der Waals surface area contributed by atoms with E-state index >= 15 is 0 Å². The molecule has 0 aliphatic carbocycles.